The Kier molecular flexibility index (Phi) is 3.35. The second-order valence-electron chi connectivity index (χ2n) is 7.31. The summed E-state index contributed by atoms with van der Waals surface area (Å²) in [5.41, 5.74) is 1.03. The fourth-order valence-electron chi connectivity index (χ4n) is 4.21. The maximum atomic E-state index is 10.4. The highest BCUT2D eigenvalue weighted by Crippen LogP contribution is 2.56. The van der Waals surface area contributed by atoms with Crippen molar-refractivity contribution in [1.29, 1.82) is 0 Å². The third-order valence-electron chi connectivity index (χ3n) is 6.06. The first-order chi connectivity index (χ1) is 10.6. The largest absolute Gasteiger partial charge is 0.486 e. The molecule has 0 aromatic heterocycles. The number of hydrogen-bond acceptors (Lipinski definition) is 4. The summed E-state index contributed by atoms with van der Waals surface area (Å²) in [5, 5.41) is 10.4. The van der Waals surface area contributed by atoms with Gasteiger partial charge < -0.3 is 14.6 Å². The van der Waals surface area contributed by atoms with Crippen molar-refractivity contribution >= 4 is 0 Å². The molecule has 120 valence electrons. The van der Waals surface area contributed by atoms with E-state index in [4.69, 9.17) is 9.47 Å². The molecule has 1 unspecified atom stereocenters. The van der Waals surface area contributed by atoms with Gasteiger partial charge in [0.15, 0.2) is 11.5 Å². The lowest BCUT2D eigenvalue weighted by Crippen LogP contribution is -2.59. The van der Waals surface area contributed by atoms with E-state index >= 15 is 0 Å². The topological polar surface area (TPSA) is 41.9 Å². The van der Waals surface area contributed by atoms with Crippen molar-refractivity contribution in [3.05, 3.63) is 23.8 Å². The molecule has 1 aromatic rings. The Morgan fingerprint density at radius 2 is 1.77 bits per heavy atom. The molecule has 2 heterocycles. The lowest BCUT2D eigenvalue weighted by molar-refractivity contribution is -0.177. The van der Waals surface area contributed by atoms with Crippen LogP contribution in [0.2, 0.25) is 0 Å². The van der Waals surface area contributed by atoms with Gasteiger partial charge in [0, 0.05) is 12.0 Å². The number of aliphatic hydroxyl groups is 1. The van der Waals surface area contributed by atoms with Gasteiger partial charge in [-0.3, -0.25) is 4.90 Å². The van der Waals surface area contributed by atoms with Crippen LogP contribution in [0.15, 0.2) is 18.2 Å². The van der Waals surface area contributed by atoms with Crippen molar-refractivity contribution in [1.82, 2.24) is 4.90 Å². The van der Waals surface area contributed by atoms with Crippen LogP contribution in [0.4, 0.5) is 0 Å². The second kappa shape index (κ2) is 5.14. The Morgan fingerprint density at radius 3 is 2.41 bits per heavy atom. The number of ether oxygens (including phenoxy) is 2. The first kappa shape index (κ1) is 14.3. The first-order valence-electron chi connectivity index (χ1n) is 8.41. The van der Waals surface area contributed by atoms with Gasteiger partial charge in [0.05, 0.1) is 5.60 Å². The molecule has 4 nitrogen and oxygen atoms in total. The van der Waals surface area contributed by atoms with Gasteiger partial charge in [0.1, 0.15) is 13.2 Å². The van der Waals surface area contributed by atoms with E-state index in [0.717, 1.165) is 50.4 Å². The number of nitrogens with zero attached hydrogens (tertiary/aromatic N) is 1. The summed E-state index contributed by atoms with van der Waals surface area (Å²) >= 11 is 0. The van der Waals surface area contributed by atoms with E-state index in [1.165, 1.54) is 12.0 Å². The summed E-state index contributed by atoms with van der Waals surface area (Å²) < 4.78 is 11.2. The van der Waals surface area contributed by atoms with Crippen molar-refractivity contribution in [2.24, 2.45) is 5.41 Å². The van der Waals surface area contributed by atoms with Gasteiger partial charge in [-0.1, -0.05) is 6.07 Å². The summed E-state index contributed by atoms with van der Waals surface area (Å²) in [4.78, 5) is 2.49. The average Bonchev–Trinajstić information content (AvgIpc) is 2.54. The van der Waals surface area contributed by atoms with Crippen LogP contribution in [0.1, 0.15) is 38.2 Å². The number of fused-ring (bicyclic) bond motifs is 1. The molecule has 0 amide bonds. The van der Waals surface area contributed by atoms with E-state index < -0.39 is 5.60 Å². The minimum absolute atomic E-state index is 0.191. The minimum Gasteiger partial charge on any atom is -0.486 e. The predicted molar refractivity (Wildman–Crippen MR) is 84.2 cm³/mol. The van der Waals surface area contributed by atoms with Crippen LogP contribution < -0.4 is 9.47 Å². The van der Waals surface area contributed by atoms with Crippen molar-refractivity contribution in [3.63, 3.8) is 0 Å². The predicted octanol–water partition coefficient (Wildman–Crippen LogP) is 2.58. The molecular formula is C18H25NO3. The average molecular weight is 303 g/mol. The van der Waals surface area contributed by atoms with Crippen molar-refractivity contribution in [3.8, 4) is 11.5 Å². The number of benzene rings is 1. The summed E-state index contributed by atoms with van der Waals surface area (Å²) in [6, 6.07) is 6.27. The number of piperidine rings is 1. The Morgan fingerprint density at radius 1 is 1.05 bits per heavy atom. The molecule has 1 saturated heterocycles. The highest BCUT2D eigenvalue weighted by molar-refractivity contribution is 5.43. The zero-order valence-corrected chi connectivity index (χ0v) is 13.3. The van der Waals surface area contributed by atoms with Gasteiger partial charge in [-0.05, 0) is 63.4 Å². The van der Waals surface area contributed by atoms with Gasteiger partial charge in [0.2, 0.25) is 0 Å². The van der Waals surface area contributed by atoms with E-state index in [1.807, 2.05) is 13.0 Å². The van der Waals surface area contributed by atoms with Crippen LogP contribution in [0.3, 0.4) is 0 Å². The van der Waals surface area contributed by atoms with Crippen LogP contribution in [0.5, 0.6) is 11.5 Å². The highest BCUT2D eigenvalue weighted by atomic mass is 16.6. The van der Waals surface area contributed by atoms with E-state index in [1.54, 1.807) is 0 Å². The van der Waals surface area contributed by atoms with Crippen LogP contribution in [-0.4, -0.2) is 41.9 Å². The quantitative estimate of drug-likeness (QED) is 0.912. The normalized spacial score (nSPS) is 30.1. The fourth-order valence-corrected chi connectivity index (χ4v) is 4.21. The standard InChI is InChI=1S/C18H25NO3/c1-17(20)4-5-18(17)6-8-19(9-7-18)13-14-2-3-15-16(12-14)22-11-10-21-15/h2-3,12,20H,4-11,13H2,1H3. The van der Waals surface area contributed by atoms with E-state index in [0.29, 0.717) is 13.2 Å². The highest BCUT2D eigenvalue weighted by Gasteiger charge is 2.55. The third-order valence-corrected chi connectivity index (χ3v) is 6.06. The zero-order chi connectivity index (χ0) is 15.2. The van der Waals surface area contributed by atoms with E-state index in [-0.39, 0.29) is 5.41 Å². The van der Waals surface area contributed by atoms with Crippen LogP contribution in [0.25, 0.3) is 0 Å². The SMILES string of the molecule is CC1(O)CCC12CCN(Cc1ccc3c(c1)OCCO3)CC2. The molecule has 0 radical (unpaired) electrons. The molecule has 1 aromatic carbocycles. The van der Waals surface area contributed by atoms with E-state index in [2.05, 4.69) is 17.0 Å². The van der Waals surface area contributed by atoms with Gasteiger partial charge in [0.25, 0.3) is 0 Å². The molecule has 4 heteroatoms. The molecular weight excluding hydrogens is 278 g/mol. The molecule has 1 aliphatic carbocycles. The van der Waals surface area contributed by atoms with Crippen LogP contribution >= 0.6 is 0 Å². The number of hydrogen-bond donors (Lipinski definition) is 1. The Hall–Kier alpha value is -1.26. The second-order valence-corrected chi connectivity index (χ2v) is 7.31. The van der Waals surface area contributed by atoms with Gasteiger partial charge >= 0.3 is 0 Å². The monoisotopic (exact) mass is 303 g/mol. The van der Waals surface area contributed by atoms with Crippen LogP contribution in [0, 0.1) is 5.41 Å². The Balaban J connectivity index is 1.39. The van der Waals surface area contributed by atoms with E-state index in [9.17, 15) is 5.11 Å². The molecule has 1 spiro atoms. The van der Waals surface area contributed by atoms with Gasteiger partial charge in [-0.2, -0.15) is 0 Å². The number of rotatable bonds is 2. The summed E-state index contributed by atoms with van der Waals surface area (Å²) in [7, 11) is 0. The zero-order valence-electron chi connectivity index (χ0n) is 13.3. The lowest BCUT2D eigenvalue weighted by Gasteiger charge is -2.58. The molecule has 22 heavy (non-hydrogen) atoms. The maximum absolute atomic E-state index is 10.4. The molecule has 0 bridgehead atoms. The molecule has 4 rings (SSSR count). The molecule has 2 aliphatic heterocycles. The maximum Gasteiger partial charge on any atom is 0.161 e. The molecule has 1 saturated carbocycles. The number of likely N-dealkylation sites (tertiary alicyclic amines) is 1. The van der Waals surface area contributed by atoms with Crippen molar-refractivity contribution in [2.75, 3.05) is 26.3 Å². The molecule has 1 N–H and O–H groups in total. The Labute approximate surface area is 132 Å². The summed E-state index contributed by atoms with van der Waals surface area (Å²) in [6.07, 6.45) is 4.39. The first-order valence-corrected chi connectivity index (χ1v) is 8.41. The fraction of sp³-hybridized carbons (Fsp3) is 0.667. The smallest absolute Gasteiger partial charge is 0.161 e. The van der Waals surface area contributed by atoms with Gasteiger partial charge in [-0.15, -0.1) is 0 Å². The summed E-state index contributed by atoms with van der Waals surface area (Å²) in [5.74, 6) is 1.73. The van der Waals surface area contributed by atoms with Crippen LogP contribution in [-0.2, 0) is 6.54 Å². The van der Waals surface area contributed by atoms with Crippen molar-refractivity contribution in [2.45, 2.75) is 44.8 Å². The minimum atomic E-state index is -0.434. The molecule has 3 aliphatic rings. The molecule has 1 atom stereocenters. The van der Waals surface area contributed by atoms with Gasteiger partial charge in [-0.25, -0.2) is 0 Å². The lowest BCUT2D eigenvalue weighted by atomic mass is 9.53. The Bertz CT molecular complexity index is 561. The summed E-state index contributed by atoms with van der Waals surface area (Å²) in [6.45, 7) is 6.40. The van der Waals surface area contributed by atoms with Crippen molar-refractivity contribution < 1.29 is 14.6 Å². The third kappa shape index (κ3) is 2.29. The molecule has 2 fully saturated rings.